The van der Waals surface area contributed by atoms with Crippen LogP contribution in [0.5, 0.6) is 0 Å². The third-order valence-electron chi connectivity index (χ3n) is 5.74. The first-order valence-corrected chi connectivity index (χ1v) is 11.1. The Hall–Kier alpha value is -3.46. The van der Waals surface area contributed by atoms with Gasteiger partial charge < -0.3 is 5.32 Å². The quantitative estimate of drug-likeness (QED) is 0.466. The van der Waals surface area contributed by atoms with E-state index in [0.29, 0.717) is 16.1 Å². The number of carbonyl (C=O) groups is 1. The van der Waals surface area contributed by atoms with E-state index in [1.165, 1.54) is 21.8 Å². The minimum atomic E-state index is -0.179. The molecular weight excluding hydrogens is 402 g/mol. The fourth-order valence-electron chi connectivity index (χ4n) is 4.15. The van der Waals surface area contributed by atoms with Crippen molar-refractivity contribution in [2.45, 2.75) is 19.5 Å². The van der Waals surface area contributed by atoms with Gasteiger partial charge in [-0.15, -0.1) is 11.3 Å². The molecule has 31 heavy (non-hydrogen) atoms. The molecule has 3 aromatic carbocycles. The van der Waals surface area contributed by atoms with Gasteiger partial charge in [-0.1, -0.05) is 60.7 Å². The number of nitriles is 1. The Morgan fingerprint density at radius 1 is 1.03 bits per heavy atom. The summed E-state index contributed by atoms with van der Waals surface area (Å²) < 4.78 is 0. The maximum atomic E-state index is 12.9. The molecule has 0 unspecified atom stereocenters. The van der Waals surface area contributed by atoms with E-state index in [4.69, 9.17) is 0 Å². The normalized spacial score (nSPS) is 13.5. The molecule has 2 heterocycles. The van der Waals surface area contributed by atoms with Crippen LogP contribution in [0.2, 0.25) is 0 Å². The van der Waals surface area contributed by atoms with Crippen LogP contribution >= 0.6 is 11.3 Å². The van der Waals surface area contributed by atoms with E-state index in [0.717, 1.165) is 42.4 Å². The number of rotatable bonds is 4. The second kappa shape index (κ2) is 8.35. The van der Waals surface area contributed by atoms with Crippen molar-refractivity contribution in [2.75, 3.05) is 11.9 Å². The highest BCUT2D eigenvalue weighted by Gasteiger charge is 2.25. The summed E-state index contributed by atoms with van der Waals surface area (Å²) in [6.45, 7) is 2.60. The molecule has 1 aromatic heterocycles. The average Bonchev–Trinajstić information content (AvgIpc) is 3.15. The Kier molecular flexibility index (Phi) is 5.25. The van der Waals surface area contributed by atoms with Gasteiger partial charge in [0.05, 0.1) is 5.56 Å². The number of amides is 1. The van der Waals surface area contributed by atoms with E-state index in [1.807, 2.05) is 48.5 Å². The van der Waals surface area contributed by atoms with Gasteiger partial charge in [0.1, 0.15) is 11.1 Å². The number of hydrogen-bond acceptors (Lipinski definition) is 4. The lowest BCUT2D eigenvalue weighted by Crippen LogP contribution is -2.29. The molecule has 4 aromatic rings. The van der Waals surface area contributed by atoms with Gasteiger partial charge in [0.2, 0.25) is 0 Å². The molecule has 5 heteroatoms. The SMILES string of the molecule is N#Cc1c(NC(=O)c2ccc3ccccc3c2)sc2c1CCN(Cc1ccccc1)C2. The van der Waals surface area contributed by atoms with Crippen molar-refractivity contribution in [3.63, 3.8) is 0 Å². The third kappa shape index (κ3) is 3.96. The molecule has 0 aliphatic carbocycles. The van der Waals surface area contributed by atoms with E-state index in [9.17, 15) is 10.1 Å². The van der Waals surface area contributed by atoms with Crippen LogP contribution in [0.1, 0.15) is 31.9 Å². The fraction of sp³-hybridized carbons (Fsp3) is 0.154. The standard InChI is InChI=1S/C26H21N3OS/c27-15-23-22-12-13-29(16-18-6-2-1-3-7-18)17-24(22)31-26(23)28-25(30)21-11-10-19-8-4-5-9-20(19)14-21/h1-11,14H,12-13,16-17H2,(H,28,30). The Balaban J connectivity index is 1.36. The van der Waals surface area contributed by atoms with Crippen LogP contribution in [0.15, 0.2) is 72.8 Å². The van der Waals surface area contributed by atoms with E-state index in [-0.39, 0.29) is 5.91 Å². The Morgan fingerprint density at radius 2 is 1.81 bits per heavy atom. The number of carbonyl (C=O) groups excluding carboxylic acids is 1. The van der Waals surface area contributed by atoms with Crippen LogP contribution < -0.4 is 5.32 Å². The lowest BCUT2D eigenvalue weighted by atomic mass is 10.0. The first-order chi connectivity index (χ1) is 15.2. The highest BCUT2D eigenvalue weighted by molar-refractivity contribution is 7.16. The molecule has 0 atom stereocenters. The number of hydrogen-bond donors (Lipinski definition) is 1. The molecule has 0 spiro atoms. The minimum absolute atomic E-state index is 0.179. The van der Waals surface area contributed by atoms with E-state index in [1.54, 1.807) is 0 Å². The lowest BCUT2D eigenvalue weighted by molar-refractivity contribution is 0.102. The van der Waals surface area contributed by atoms with Gasteiger partial charge in [0.15, 0.2) is 0 Å². The zero-order chi connectivity index (χ0) is 21.2. The Morgan fingerprint density at radius 3 is 2.61 bits per heavy atom. The molecule has 5 rings (SSSR count). The second-order valence-corrected chi connectivity index (χ2v) is 8.89. The first kappa shape index (κ1) is 19.5. The predicted octanol–water partition coefficient (Wildman–Crippen LogP) is 5.58. The smallest absolute Gasteiger partial charge is 0.256 e. The summed E-state index contributed by atoms with van der Waals surface area (Å²) >= 11 is 1.53. The summed E-state index contributed by atoms with van der Waals surface area (Å²) in [5.74, 6) is -0.179. The monoisotopic (exact) mass is 423 g/mol. The molecule has 0 saturated heterocycles. The summed E-state index contributed by atoms with van der Waals surface area (Å²) in [6.07, 6.45) is 0.827. The van der Waals surface area contributed by atoms with Gasteiger partial charge in [-0.25, -0.2) is 0 Å². The minimum Gasteiger partial charge on any atom is -0.312 e. The highest BCUT2D eigenvalue weighted by atomic mass is 32.1. The number of thiophene rings is 1. The summed E-state index contributed by atoms with van der Waals surface area (Å²) in [5, 5.41) is 15.6. The van der Waals surface area contributed by atoms with E-state index < -0.39 is 0 Å². The van der Waals surface area contributed by atoms with Crippen molar-refractivity contribution < 1.29 is 4.79 Å². The number of nitrogens with one attached hydrogen (secondary N) is 1. The fourth-order valence-corrected chi connectivity index (χ4v) is 5.38. The first-order valence-electron chi connectivity index (χ1n) is 10.3. The van der Waals surface area contributed by atoms with Crippen molar-refractivity contribution in [1.82, 2.24) is 4.90 Å². The van der Waals surface area contributed by atoms with Crippen molar-refractivity contribution in [1.29, 1.82) is 5.26 Å². The van der Waals surface area contributed by atoms with Crippen molar-refractivity contribution >= 4 is 33.0 Å². The maximum Gasteiger partial charge on any atom is 0.256 e. The largest absolute Gasteiger partial charge is 0.312 e. The number of fused-ring (bicyclic) bond motifs is 2. The van der Waals surface area contributed by atoms with Gasteiger partial charge in [-0.3, -0.25) is 9.69 Å². The third-order valence-corrected chi connectivity index (χ3v) is 6.87. The number of benzene rings is 3. The van der Waals surface area contributed by atoms with Gasteiger partial charge >= 0.3 is 0 Å². The molecule has 1 aliphatic rings. The number of nitrogens with zero attached hydrogens (tertiary/aromatic N) is 2. The Labute approximate surface area is 185 Å². The van der Waals surface area contributed by atoms with E-state index >= 15 is 0 Å². The van der Waals surface area contributed by atoms with Gasteiger partial charge in [-0.2, -0.15) is 5.26 Å². The van der Waals surface area contributed by atoms with E-state index in [2.05, 4.69) is 40.6 Å². The summed E-state index contributed by atoms with van der Waals surface area (Å²) in [5.41, 5.74) is 3.59. The molecule has 1 amide bonds. The van der Waals surface area contributed by atoms with Crippen LogP contribution in [0.25, 0.3) is 10.8 Å². The van der Waals surface area contributed by atoms with Gasteiger partial charge in [0.25, 0.3) is 5.91 Å². The molecule has 0 saturated carbocycles. The molecule has 1 aliphatic heterocycles. The number of anilines is 1. The summed E-state index contributed by atoms with van der Waals surface area (Å²) in [6, 6.07) is 26.4. The molecule has 0 bridgehead atoms. The molecule has 0 radical (unpaired) electrons. The topological polar surface area (TPSA) is 56.1 Å². The van der Waals surface area contributed by atoms with Gasteiger partial charge in [0, 0.05) is 30.1 Å². The summed E-state index contributed by atoms with van der Waals surface area (Å²) in [7, 11) is 0. The Bertz CT molecular complexity index is 1300. The van der Waals surface area contributed by atoms with Crippen LogP contribution in [0.3, 0.4) is 0 Å². The van der Waals surface area contributed by atoms with Crippen molar-refractivity contribution in [3.05, 3.63) is 99.9 Å². The zero-order valence-corrected chi connectivity index (χ0v) is 17.8. The maximum absolute atomic E-state index is 12.9. The molecule has 4 nitrogen and oxygen atoms in total. The molecule has 1 N–H and O–H groups in total. The lowest BCUT2D eigenvalue weighted by Gasteiger charge is -2.26. The van der Waals surface area contributed by atoms with Crippen molar-refractivity contribution in [3.8, 4) is 6.07 Å². The molecule has 0 fully saturated rings. The van der Waals surface area contributed by atoms with Crippen molar-refractivity contribution in [2.24, 2.45) is 0 Å². The van der Waals surface area contributed by atoms with Crippen LogP contribution in [-0.2, 0) is 19.5 Å². The van der Waals surface area contributed by atoms with Crippen LogP contribution in [0, 0.1) is 11.3 Å². The highest BCUT2D eigenvalue weighted by Crippen LogP contribution is 2.37. The molecule has 152 valence electrons. The van der Waals surface area contributed by atoms with Crippen LogP contribution in [0.4, 0.5) is 5.00 Å². The summed E-state index contributed by atoms with van der Waals surface area (Å²) in [4.78, 5) is 16.5. The van der Waals surface area contributed by atoms with Gasteiger partial charge in [-0.05, 0) is 40.5 Å². The predicted molar refractivity (Wildman–Crippen MR) is 125 cm³/mol. The second-order valence-electron chi connectivity index (χ2n) is 7.78. The zero-order valence-electron chi connectivity index (χ0n) is 17.0. The van der Waals surface area contributed by atoms with Crippen LogP contribution in [-0.4, -0.2) is 17.4 Å². The average molecular weight is 424 g/mol. The molecular formula is C26H21N3OS.